The first-order chi connectivity index (χ1) is 21.4. The highest BCUT2D eigenvalue weighted by Gasteiger charge is 2.62. The fourth-order valence-corrected chi connectivity index (χ4v) is 6.70. The van der Waals surface area contributed by atoms with Crippen LogP contribution in [0.5, 0.6) is 5.88 Å². The van der Waals surface area contributed by atoms with Gasteiger partial charge < -0.3 is 14.5 Å². The average Bonchev–Trinajstić information content (AvgIpc) is 3.57. The molecule has 244 valence electrons. The number of pyridine rings is 2. The lowest BCUT2D eigenvalue weighted by Gasteiger charge is -2.34. The topological polar surface area (TPSA) is 88.4 Å². The van der Waals surface area contributed by atoms with E-state index in [4.69, 9.17) is 9.72 Å². The second-order valence-electron chi connectivity index (χ2n) is 12.5. The van der Waals surface area contributed by atoms with Crippen LogP contribution in [0.1, 0.15) is 76.6 Å². The van der Waals surface area contributed by atoms with Gasteiger partial charge in [-0.05, 0) is 82.6 Å². The van der Waals surface area contributed by atoms with Gasteiger partial charge in [0.25, 0.3) is 5.91 Å². The number of nitrogens with zero attached hydrogens (tertiary/aromatic N) is 6. The molecule has 13 heteroatoms. The summed E-state index contributed by atoms with van der Waals surface area (Å²) >= 11 is 1.16. The van der Waals surface area contributed by atoms with Crippen molar-refractivity contribution >= 4 is 29.4 Å². The molecule has 7 rings (SSSR count). The number of aromatic nitrogens is 4. The monoisotopic (exact) mass is 645 g/mol. The number of fused-ring (bicyclic) bond motifs is 7. The Morgan fingerprint density at radius 2 is 1.91 bits per heavy atom. The van der Waals surface area contributed by atoms with Crippen LogP contribution in [0, 0.1) is 11.3 Å². The van der Waals surface area contributed by atoms with Crippen molar-refractivity contribution in [3.8, 4) is 11.7 Å². The highest BCUT2D eigenvalue weighted by molar-refractivity contribution is 7.97. The molecule has 4 bridgehead atoms. The van der Waals surface area contributed by atoms with Crippen LogP contribution in [0.25, 0.3) is 5.82 Å². The standard InChI is InChI=1S/C30H36F3N7O2S.C2H6/c1-28(2)17-20-5-4-14-38(3)21-6-9-25(34-18-21)43-37-27(41)22-7-8-23(35-26(22)39(28)19-20)40-15-10-24(36-40)42-16-13-29(11-12-29)30(31,32)33;1-2/h6-10,15,18,20H,4-5,11-14,16-17,19H2,1-3H3,(H,37,41);1-2H3. The third kappa shape index (κ3) is 7.18. The van der Waals surface area contributed by atoms with Gasteiger partial charge >= 0.3 is 6.18 Å². The average molecular weight is 646 g/mol. The van der Waals surface area contributed by atoms with Gasteiger partial charge in [0.05, 0.1) is 29.5 Å². The number of rotatable bonds is 5. The molecule has 1 saturated heterocycles. The van der Waals surface area contributed by atoms with Crippen LogP contribution < -0.4 is 19.3 Å². The molecular weight excluding hydrogens is 603 g/mol. The Hall–Kier alpha value is -3.48. The van der Waals surface area contributed by atoms with E-state index < -0.39 is 11.6 Å². The molecule has 6 heterocycles. The molecule has 3 aromatic heterocycles. The Labute approximate surface area is 267 Å². The predicted molar refractivity (Wildman–Crippen MR) is 170 cm³/mol. The van der Waals surface area contributed by atoms with Crippen LogP contribution in [-0.4, -0.2) is 64.1 Å². The Morgan fingerprint density at radius 3 is 2.60 bits per heavy atom. The van der Waals surface area contributed by atoms with E-state index >= 15 is 0 Å². The molecule has 1 amide bonds. The minimum atomic E-state index is -4.21. The van der Waals surface area contributed by atoms with Crippen molar-refractivity contribution in [3.63, 3.8) is 0 Å². The van der Waals surface area contributed by atoms with Gasteiger partial charge in [-0.3, -0.25) is 9.52 Å². The van der Waals surface area contributed by atoms with Crippen molar-refractivity contribution in [1.29, 1.82) is 0 Å². The summed E-state index contributed by atoms with van der Waals surface area (Å²) in [5.41, 5.74) is -0.369. The zero-order chi connectivity index (χ0) is 32.4. The van der Waals surface area contributed by atoms with Crippen molar-refractivity contribution in [2.75, 3.05) is 36.5 Å². The maximum atomic E-state index is 13.5. The van der Waals surface area contributed by atoms with E-state index in [0.29, 0.717) is 28.1 Å². The molecule has 1 aliphatic carbocycles. The SMILES string of the molecule is CC.CN1CCCC2CN(c3nc(-n4ccc(OCCC5(C(F)(F)F)CC5)n4)ccc3C(=O)NSc3ccc1cn3)C(C)(C)C2. The largest absolute Gasteiger partial charge is 0.477 e. The second-order valence-corrected chi connectivity index (χ2v) is 13.3. The fraction of sp³-hybridized carbons (Fsp3) is 0.562. The third-order valence-corrected chi connectivity index (χ3v) is 9.66. The van der Waals surface area contributed by atoms with Crippen molar-refractivity contribution in [2.45, 2.75) is 83.0 Å². The van der Waals surface area contributed by atoms with E-state index in [1.807, 2.05) is 32.2 Å². The van der Waals surface area contributed by atoms with Gasteiger partial charge in [-0.15, -0.1) is 5.10 Å². The number of hydrogen-bond acceptors (Lipinski definition) is 8. The van der Waals surface area contributed by atoms with E-state index in [0.717, 1.165) is 50.0 Å². The molecular formula is C32H42F3N7O2S. The van der Waals surface area contributed by atoms with Gasteiger partial charge in [-0.2, -0.15) is 13.2 Å². The molecule has 45 heavy (non-hydrogen) atoms. The molecule has 9 nitrogen and oxygen atoms in total. The van der Waals surface area contributed by atoms with Crippen LogP contribution >= 0.6 is 11.9 Å². The zero-order valence-corrected chi connectivity index (χ0v) is 27.3. The van der Waals surface area contributed by atoms with Gasteiger partial charge in [0.1, 0.15) is 10.8 Å². The normalized spacial score (nSPS) is 20.6. The molecule has 1 N–H and O–H groups in total. The van der Waals surface area contributed by atoms with Gasteiger partial charge in [0.15, 0.2) is 5.82 Å². The number of ether oxygens (including phenoxy) is 1. The number of nitrogens with one attached hydrogen (secondary N) is 1. The van der Waals surface area contributed by atoms with Crippen molar-refractivity contribution in [3.05, 3.63) is 48.3 Å². The van der Waals surface area contributed by atoms with E-state index in [2.05, 4.69) is 45.5 Å². The lowest BCUT2D eigenvalue weighted by atomic mass is 9.93. The summed E-state index contributed by atoms with van der Waals surface area (Å²) in [6, 6.07) is 8.98. The van der Waals surface area contributed by atoms with Crippen molar-refractivity contribution < 1.29 is 22.7 Å². The number of amides is 1. The molecule has 0 spiro atoms. The number of halogens is 3. The first-order valence-electron chi connectivity index (χ1n) is 15.6. The number of carbonyl (C=O) groups is 1. The van der Waals surface area contributed by atoms with Crippen molar-refractivity contribution in [2.24, 2.45) is 11.3 Å². The van der Waals surface area contributed by atoms with Gasteiger partial charge in [0, 0.05) is 49.9 Å². The minimum absolute atomic E-state index is 0.0668. The molecule has 1 unspecified atom stereocenters. The molecule has 2 fully saturated rings. The maximum Gasteiger partial charge on any atom is 0.394 e. The number of carbonyl (C=O) groups excluding carboxylic acids is 1. The molecule has 1 atom stereocenters. The summed E-state index contributed by atoms with van der Waals surface area (Å²) in [5.74, 6) is 1.43. The van der Waals surface area contributed by atoms with Crippen LogP contribution in [0.15, 0.2) is 47.8 Å². The van der Waals surface area contributed by atoms with Gasteiger partial charge in [-0.25, -0.2) is 14.6 Å². The quantitative estimate of drug-likeness (QED) is 0.295. The summed E-state index contributed by atoms with van der Waals surface area (Å²) in [4.78, 5) is 27.4. The fourth-order valence-electron chi connectivity index (χ4n) is 6.15. The number of hydrogen-bond donors (Lipinski definition) is 1. The van der Waals surface area contributed by atoms with Crippen LogP contribution in [0.3, 0.4) is 0 Å². The Kier molecular flexibility index (Phi) is 9.57. The van der Waals surface area contributed by atoms with E-state index in [1.54, 1.807) is 24.4 Å². The lowest BCUT2D eigenvalue weighted by molar-refractivity contribution is -0.190. The lowest BCUT2D eigenvalue weighted by Crippen LogP contribution is -2.40. The Bertz CT molecular complexity index is 1470. The summed E-state index contributed by atoms with van der Waals surface area (Å²) in [6.07, 6.45) is 2.52. The first-order valence-corrected chi connectivity index (χ1v) is 16.4. The summed E-state index contributed by atoms with van der Waals surface area (Å²) < 4.78 is 49.9. The molecule has 0 radical (unpaired) electrons. The smallest absolute Gasteiger partial charge is 0.394 e. The van der Waals surface area contributed by atoms with E-state index in [1.165, 1.54) is 4.68 Å². The molecule has 3 aromatic rings. The van der Waals surface area contributed by atoms with Gasteiger partial charge in [0.2, 0.25) is 5.88 Å². The Morgan fingerprint density at radius 1 is 1.13 bits per heavy atom. The Balaban J connectivity index is 0.00000196. The third-order valence-electron chi connectivity index (χ3n) is 8.92. The number of anilines is 2. The van der Waals surface area contributed by atoms with Crippen LogP contribution in [-0.2, 0) is 0 Å². The second kappa shape index (κ2) is 13.1. The zero-order valence-electron chi connectivity index (χ0n) is 26.5. The molecule has 3 aliphatic heterocycles. The first kappa shape index (κ1) is 32.9. The van der Waals surface area contributed by atoms with Gasteiger partial charge in [-0.1, -0.05) is 13.8 Å². The number of alkyl halides is 3. The summed E-state index contributed by atoms with van der Waals surface area (Å²) in [6.45, 7) is 9.97. The van der Waals surface area contributed by atoms with Crippen LogP contribution in [0.4, 0.5) is 24.7 Å². The van der Waals surface area contributed by atoms with Crippen molar-refractivity contribution in [1.82, 2.24) is 24.5 Å². The summed E-state index contributed by atoms with van der Waals surface area (Å²) in [7, 11) is 2.07. The molecule has 4 aliphatic rings. The summed E-state index contributed by atoms with van der Waals surface area (Å²) in [5, 5.41) is 5.10. The highest BCUT2D eigenvalue weighted by atomic mass is 32.2. The van der Waals surface area contributed by atoms with Crippen LogP contribution in [0.2, 0.25) is 0 Å². The molecule has 0 aromatic carbocycles. The maximum absolute atomic E-state index is 13.5. The molecule has 1 saturated carbocycles. The minimum Gasteiger partial charge on any atom is -0.477 e. The predicted octanol–water partition coefficient (Wildman–Crippen LogP) is 7.07. The van der Waals surface area contributed by atoms with E-state index in [9.17, 15) is 18.0 Å². The highest BCUT2D eigenvalue weighted by Crippen LogP contribution is 2.59. The van der Waals surface area contributed by atoms with E-state index in [-0.39, 0.29) is 43.2 Å².